The number of benzene rings is 1. The molecule has 0 unspecified atom stereocenters. The van der Waals surface area contributed by atoms with Gasteiger partial charge in [-0.1, -0.05) is 71.9 Å². The van der Waals surface area contributed by atoms with Gasteiger partial charge in [0.25, 0.3) is 0 Å². The minimum Gasteiger partial charge on any atom is -0.493 e. The molecule has 1 aromatic carbocycles. The van der Waals surface area contributed by atoms with Crippen molar-refractivity contribution in [2.75, 3.05) is 19.7 Å². The zero-order valence-corrected chi connectivity index (χ0v) is 15.2. The van der Waals surface area contributed by atoms with Gasteiger partial charge in [-0.05, 0) is 37.4 Å². The summed E-state index contributed by atoms with van der Waals surface area (Å²) in [5.74, 6) is 2.50. The zero-order chi connectivity index (χ0) is 16.8. The van der Waals surface area contributed by atoms with Crippen LogP contribution in [0, 0.1) is 11.8 Å². The molecule has 0 fully saturated rings. The molecule has 0 aromatic heterocycles. The summed E-state index contributed by atoms with van der Waals surface area (Å²) in [5, 5.41) is 3.38. The van der Waals surface area contributed by atoms with Gasteiger partial charge in [-0.15, -0.1) is 0 Å². The molecular weight excluding hydrogens is 270 g/mol. The van der Waals surface area contributed by atoms with Gasteiger partial charge in [0, 0.05) is 5.56 Å². The van der Waals surface area contributed by atoms with Crippen LogP contribution in [-0.2, 0) is 0 Å². The van der Waals surface area contributed by atoms with Crippen molar-refractivity contribution in [3.05, 3.63) is 36.4 Å². The van der Waals surface area contributed by atoms with Crippen molar-refractivity contribution >= 4 is 6.08 Å². The minimum atomic E-state index is 0.781. The third-order valence-electron chi connectivity index (χ3n) is 3.00. The van der Waals surface area contributed by atoms with Crippen LogP contribution in [-0.4, -0.2) is 19.7 Å². The molecule has 22 heavy (non-hydrogen) atoms. The number of para-hydroxylation sites is 1. The fourth-order valence-electron chi connectivity index (χ4n) is 1.77. The summed E-state index contributed by atoms with van der Waals surface area (Å²) in [7, 11) is 0. The monoisotopic (exact) mass is 305 g/mol. The average molecular weight is 306 g/mol. The highest BCUT2D eigenvalue weighted by Crippen LogP contribution is 2.18. The smallest absolute Gasteiger partial charge is 0.126 e. The van der Waals surface area contributed by atoms with Gasteiger partial charge in [-0.3, -0.25) is 0 Å². The topological polar surface area (TPSA) is 21.3 Å². The predicted octanol–water partition coefficient (Wildman–Crippen LogP) is 5.40. The van der Waals surface area contributed by atoms with E-state index in [-0.39, 0.29) is 0 Å². The molecule has 0 bridgehead atoms. The van der Waals surface area contributed by atoms with E-state index in [0.717, 1.165) is 55.7 Å². The Hall–Kier alpha value is -1.28. The van der Waals surface area contributed by atoms with Gasteiger partial charge in [0.2, 0.25) is 0 Å². The highest BCUT2D eigenvalue weighted by atomic mass is 16.5. The number of rotatable bonds is 9. The van der Waals surface area contributed by atoms with Gasteiger partial charge in [0.15, 0.2) is 0 Å². The summed E-state index contributed by atoms with van der Waals surface area (Å²) in [6.45, 7) is 17.9. The SMILES string of the molecule is C=Cc1ccccc1OCCCC.CC(C)CNCC(C)C. The van der Waals surface area contributed by atoms with E-state index in [2.05, 4.69) is 46.5 Å². The lowest BCUT2D eigenvalue weighted by molar-refractivity contribution is 0.309. The van der Waals surface area contributed by atoms with Crippen LogP contribution >= 0.6 is 0 Å². The molecule has 0 atom stereocenters. The van der Waals surface area contributed by atoms with Crippen LogP contribution in [0.2, 0.25) is 0 Å². The van der Waals surface area contributed by atoms with E-state index in [0.29, 0.717) is 0 Å². The number of unbranched alkanes of at least 4 members (excludes halogenated alkanes) is 1. The molecule has 1 rings (SSSR count). The molecule has 126 valence electrons. The Morgan fingerprint density at radius 3 is 2.18 bits per heavy atom. The molecule has 0 amide bonds. The van der Waals surface area contributed by atoms with Crippen molar-refractivity contribution < 1.29 is 4.74 Å². The normalized spacial score (nSPS) is 10.3. The van der Waals surface area contributed by atoms with Crippen LogP contribution in [0.3, 0.4) is 0 Å². The lowest BCUT2D eigenvalue weighted by atomic mass is 10.2. The van der Waals surface area contributed by atoms with Crippen LogP contribution < -0.4 is 10.1 Å². The van der Waals surface area contributed by atoms with E-state index in [4.69, 9.17) is 4.74 Å². The van der Waals surface area contributed by atoms with Crippen molar-refractivity contribution in [3.8, 4) is 5.75 Å². The zero-order valence-electron chi connectivity index (χ0n) is 15.2. The van der Waals surface area contributed by atoms with Crippen LogP contribution in [0.15, 0.2) is 30.8 Å². The number of hydrogen-bond donors (Lipinski definition) is 1. The number of nitrogens with one attached hydrogen (secondary N) is 1. The summed E-state index contributed by atoms with van der Waals surface area (Å²) < 4.78 is 5.60. The summed E-state index contributed by atoms with van der Waals surface area (Å²) in [4.78, 5) is 0. The molecule has 2 nitrogen and oxygen atoms in total. The van der Waals surface area contributed by atoms with Gasteiger partial charge >= 0.3 is 0 Å². The molecule has 0 saturated heterocycles. The van der Waals surface area contributed by atoms with E-state index < -0.39 is 0 Å². The molecule has 1 N–H and O–H groups in total. The van der Waals surface area contributed by atoms with Gasteiger partial charge in [-0.2, -0.15) is 0 Å². The first-order valence-electron chi connectivity index (χ1n) is 8.56. The van der Waals surface area contributed by atoms with Gasteiger partial charge < -0.3 is 10.1 Å². The lowest BCUT2D eigenvalue weighted by Gasteiger charge is -2.08. The molecule has 0 aliphatic heterocycles. The fourth-order valence-corrected chi connectivity index (χ4v) is 1.77. The molecular formula is C20H35NO. The Morgan fingerprint density at radius 1 is 1.09 bits per heavy atom. The highest BCUT2D eigenvalue weighted by Gasteiger charge is 1.97. The first-order valence-corrected chi connectivity index (χ1v) is 8.56. The van der Waals surface area contributed by atoms with E-state index >= 15 is 0 Å². The number of ether oxygens (including phenoxy) is 1. The quantitative estimate of drug-likeness (QED) is 0.617. The summed E-state index contributed by atoms with van der Waals surface area (Å²) in [6, 6.07) is 7.96. The van der Waals surface area contributed by atoms with E-state index in [9.17, 15) is 0 Å². The van der Waals surface area contributed by atoms with E-state index in [1.165, 1.54) is 0 Å². The molecule has 2 heteroatoms. The number of hydrogen-bond acceptors (Lipinski definition) is 2. The molecule has 0 aliphatic rings. The molecule has 1 aromatic rings. The maximum absolute atomic E-state index is 5.60. The maximum Gasteiger partial charge on any atom is 0.126 e. The van der Waals surface area contributed by atoms with Gasteiger partial charge in [0.1, 0.15) is 5.75 Å². The molecule has 0 heterocycles. The van der Waals surface area contributed by atoms with Gasteiger partial charge in [-0.25, -0.2) is 0 Å². The Balaban J connectivity index is 0.000000433. The summed E-state index contributed by atoms with van der Waals surface area (Å²) in [6.07, 6.45) is 4.09. The average Bonchev–Trinajstić information content (AvgIpc) is 2.48. The van der Waals surface area contributed by atoms with E-state index in [1.54, 1.807) is 0 Å². The van der Waals surface area contributed by atoms with Crippen molar-refractivity contribution in [3.63, 3.8) is 0 Å². The second kappa shape index (κ2) is 13.4. The Kier molecular flexibility index (Phi) is 12.6. The van der Waals surface area contributed by atoms with Crippen LogP contribution in [0.25, 0.3) is 6.08 Å². The van der Waals surface area contributed by atoms with Crippen molar-refractivity contribution in [1.82, 2.24) is 5.32 Å². The van der Waals surface area contributed by atoms with Crippen LogP contribution in [0.1, 0.15) is 53.0 Å². The third kappa shape index (κ3) is 11.4. The second-order valence-electron chi connectivity index (χ2n) is 6.39. The molecule has 0 spiro atoms. The fraction of sp³-hybridized carbons (Fsp3) is 0.600. The van der Waals surface area contributed by atoms with Crippen molar-refractivity contribution in [1.29, 1.82) is 0 Å². The highest BCUT2D eigenvalue weighted by molar-refractivity contribution is 5.55. The standard InChI is InChI=1S/C12H16O.C8H19N/c1-3-5-10-13-12-9-7-6-8-11(12)4-2;1-7(2)5-9-6-8(3)4/h4,6-9H,2-3,5,10H2,1H3;7-9H,5-6H2,1-4H3. The van der Waals surface area contributed by atoms with Crippen molar-refractivity contribution in [2.24, 2.45) is 11.8 Å². The second-order valence-corrected chi connectivity index (χ2v) is 6.39. The Bertz CT molecular complexity index is 377. The van der Waals surface area contributed by atoms with Crippen molar-refractivity contribution in [2.45, 2.75) is 47.5 Å². The Labute approximate surface area is 138 Å². The first kappa shape index (κ1) is 20.7. The Morgan fingerprint density at radius 2 is 1.68 bits per heavy atom. The van der Waals surface area contributed by atoms with Crippen LogP contribution in [0.4, 0.5) is 0 Å². The maximum atomic E-state index is 5.60. The van der Waals surface area contributed by atoms with E-state index in [1.807, 2.05) is 30.3 Å². The predicted molar refractivity (Wildman–Crippen MR) is 99.5 cm³/mol. The molecule has 0 radical (unpaired) electrons. The van der Waals surface area contributed by atoms with Crippen LogP contribution in [0.5, 0.6) is 5.75 Å². The minimum absolute atomic E-state index is 0.781. The van der Waals surface area contributed by atoms with Gasteiger partial charge in [0.05, 0.1) is 6.61 Å². The summed E-state index contributed by atoms with van der Waals surface area (Å²) in [5.41, 5.74) is 1.07. The first-order chi connectivity index (χ1) is 10.5. The largest absolute Gasteiger partial charge is 0.493 e. The summed E-state index contributed by atoms with van der Waals surface area (Å²) >= 11 is 0. The third-order valence-corrected chi connectivity index (χ3v) is 3.00. The molecule has 0 aliphatic carbocycles. The lowest BCUT2D eigenvalue weighted by Crippen LogP contribution is -2.23. The molecule has 0 saturated carbocycles.